The van der Waals surface area contributed by atoms with Gasteiger partial charge in [0.1, 0.15) is 17.1 Å². The number of hydrogen-bond donors (Lipinski definition) is 4. The Hall–Kier alpha value is -4.71. The zero-order chi connectivity index (χ0) is 30.1. The number of fused-ring (bicyclic) bond motifs is 2. The van der Waals surface area contributed by atoms with Gasteiger partial charge in [0, 0.05) is 54.7 Å². The monoisotopic (exact) mass is 584 g/mol. The van der Waals surface area contributed by atoms with E-state index in [0.717, 1.165) is 12.8 Å². The van der Waals surface area contributed by atoms with Crippen LogP contribution in [0.1, 0.15) is 56.8 Å². The molecule has 2 unspecified atom stereocenters. The average Bonchev–Trinajstić information content (AvgIpc) is 3.82. The van der Waals surface area contributed by atoms with Gasteiger partial charge in [-0.25, -0.2) is 4.98 Å². The number of nitrogens with two attached hydrogens (primary N) is 1. The second-order valence-corrected chi connectivity index (χ2v) is 11.5. The minimum absolute atomic E-state index is 0.0346. The molecule has 2 aromatic carbocycles. The summed E-state index contributed by atoms with van der Waals surface area (Å²) in [5, 5.41) is 9.17. The maximum Gasteiger partial charge on any atom is 0.254 e. The van der Waals surface area contributed by atoms with E-state index in [9.17, 15) is 14.4 Å². The summed E-state index contributed by atoms with van der Waals surface area (Å²) in [6.07, 6.45) is 5.90. The van der Waals surface area contributed by atoms with Crippen LogP contribution in [0.2, 0.25) is 0 Å². The maximum atomic E-state index is 13.4. The number of amides is 3. The zero-order valence-electron chi connectivity index (χ0n) is 24.3. The Morgan fingerprint density at radius 1 is 0.977 bits per heavy atom. The molecule has 3 heterocycles. The molecule has 12 nitrogen and oxygen atoms in total. The van der Waals surface area contributed by atoms with E-state index in [1.54, 1.807) is 42.5 Å². The van der Waals surface area contributed by atoms with Crippen LogP contribution < -0.4 is 26.4 Å². The highest BCUT2D eigenvalue weighted by molar-refractivity contribution is 5.99. The lowest BCUT2D eigenvalue weighted by atomic mass is 10.1. The third-order valence-electron chi connectivity index (χ3n) is 8.54. The molecule has 1 aromatic heterocycles. The summed E-state index contributed by atoms with van der Waals surface area (Å²) in [4.78, 5) is 50.9. The Bertz CT molecular complexity index is 1530. The summed E-state index contributed by atoms with van der Waals surface area (Å²) in [5.74, 6) is 0.568. The summed E-state index contributed by atoms with van der Waals surface area (Å²) >= 11 is 0. The van der Waals surface area contributed by atoms with Crippen molar-refractivity contribution in [2.45, 2.75) is 37.8 Å². The molecule has 3 aromatic rings. The van der Waals surface area contributed by atoms with Crippen LogP contribution in [-0.4, -0.2) is 83.4 Å². The minimum Gasteiger partial charge on any atom is -0.495 e. The smallest absolute Gasteiger partial charge is 0.254 e. The third-order valence-corrected chi connectivity index (χ3v) is 8.54. The quantitative estimate of drug-likeness (QED) is 0.281. The first kappa shape index (κ1) is 28.4. The van der Waals surface area contributed by atoms with Crippen LogP contribution in [0.3, 0.4) is 0 Å². The first-order valence-electron chi connectivity index (χ1n) is 14.6. The Morgan fingerprint density at radius 2 is 1.67 bits per heavy atom. The van der Waals surface area contributed by atoms with E-state index in [0.29, 0.717) is 65.9 Å². The van der Waals surface area contributed by atoms with Crippen LogP contribution in [0.25, 0.3) is 0 Å². The molecular weight excluding hydrogens is 548 g/mol. The second kappa shape index (κ2) is 11.9. The fourth-order valence-electron chi connectivity index (χ4n) is 5.73. The molecule has 12 heteroatoms. The molecule has 2 atom stereocenters. The Morgan fingerprint density at radius 3 is 2.33 bits per heavy atom. The second-order valence-electron chi connectivity index (χ2n) is 11.5. The molecule has 224 valence electrons. The van der Waals surface area contributed by atoms with Crippen LogP contribution in [0.15, 0.2) is 48.7 Å². The zero-order valence-corrected chi connectivity index (χ0v) is 24.3. The molecule has 6 rings (SSSR count). The Kier molecular flexibility index (Phi) is 7.85. The Labute approximate surface area is 250 Å². The van der Waals surface area contributed by atoms with Crippen molar-refractivity contribution in [2.75, 3.05) is 44.4 Å². The Balaban J connectivity index is 1.17. The number of carbonyl (C=O) groups is 3. The molecule has 3 aliphatic rings. The number of piperazine rings is 1. The number of rotatable bonds is 10. The standard InChI is InChI=1S/C31H36N8O4/c1-38-22-10-11-23(38)17-39(16-22)30(42)20-7-12-25(26(13-20)43-2)36-28-24(27(32)40)15-34-31(37-28)35-21-8-5-19(6-9-21)29(41)33-14-18-3-4-18/h5-9,12-13,15,18,22-23H,3-4,10-11,14,16-17H2,1-2H3,(H2,32,40)(H,33,41)(H2,34,35,36,37). The highest BCUT2D eigenvalue weighted by atomic mass is 16.5. The molecule has 1 saturated carbocycles. The number of nitrogens with one attached hydrogen (secondary N) is 3. The van der Waals surface area contributed by atoms with E-state index in [2.05, 4.69) is 37.9 Å². The van der Waals surface area contributed by atoms with Crippen LogP contribution in [-0.2, 0) is 0 Å². The van der Waals surface area contributed by atoms with Gasteiger partial charge in [0.2, 0.25) is 5.95 Å². The molecule has 0 spiro atoms. The van der Waals surface area contributed by atoms with Crippen molar-refractivity contribution in [1.29, 1.82) is 0 Å². The van der Waals surface area contributed by atoms with Gasteiger partial charge in [-0.05, 0) is 81.1 Å². The molecule has 1 aliphatic carbocycles. The number of hydrogen-bond acceptors (Lipinski definition) is 9. The van der Waals surface area contributed by atoms with Crippen LogP contribution in [0.5, 0.6) is 5.75 Å². The van der Waals surface area contributed by atoms with E-state index < -0.39 is 5.91 Å². The third kappa shape index (κ3) is 6.24. The van der Waals surface area contributed by atoms with E-state index >= 15 is 0 Å². The minimum atomic E-state index is -0.703. The summed E-state index contributed by atoms with van der Waals surface area (Å²) < 4.78 is 5.61. The van der Waals surface area contributed by atoms with Gasteiger partial charge in [-0.1, -0.05) is 0 Å². The summed E-state index contributed by atoms with van der Waals surface area (Å²) in [7, 11) is 3.65. The maximum absolute atomic E-state index is 13.4. The lowest BCUT2D eigenvalue weighted by Gasteiger charge is -2.39. The van der Waals surface area contributed by atoms with Gasteiger partial charge in [-0.2, -0.15) is 4.98 Å². The van der Waals surface area contributed by atoms with Gasteiger partial charge >= 0.3 is 0 Å². The highest BCUT2D eigenvalue weighted by Crippen LogP contribution is 2.33. The summed E-state index contributed by atoms with van der Waals surface area (Å²) in [6, 6.07) is 12.9. The largest absolute Gasteiger partial charge is 0.495 e. The SMILES string of the molecule is COc1cc(C(=O)N2CC3CCC(C2)N3C)ccc1Nc1nc(Nc2ccc(C(=O)NCC3CC3)cc2)ncc1C(N)=O. The van der Waals surface area contributed by atoms with Gasteiger partial charge in [0.05, 0.1) is 12.8 Å². The topological polar surface area (TPSA) is 155 Å². The highest BCUT2D eigenvalue weighted by Gasteiger charge is 2.39. The number of likely N-dealkylation sites (tertiary alicyclic amines) is 1. The van der Waals surface area contributed by atoms with Gasteiger partial charge in [0.25, 0.3) is 17.7 Å². The van der Waals surface area contributed by atoms with Crippen molar-refractivity contribution >= 4 is 40.9 Å². The molecule has 3 fully saturated rings. The van der Waals surface area contributed by atoms with Crippen LogP contribution in [0, 0.1) is 5.92 Å². The number of benzene rings is 2. The molecule has 2 saturated heterocycles. The van der Waals surface area contributed by atoms with Gasteiger partial charge < -0.3 is 31.3 Å². The molecule has 5 N–H and O–H groups in total. The molecule has 0 radical (unpaired) electrons. The number of primary amides is 1. The summed E-state index contributed by atoms with van der Waals surface area (Å²) in [6.45, 7) is 2.13. The van der Waals surface area contributed by atoms with Crippen LogP contribution in [0.4, 0.5) is 23.1 Å². The number of likely N-dealkylation sites (N-methyl/N-ethyl adjacent to an activating group) is 1. The first-order valence-corrected chi connectivity index (χ1v) is 14.6. The number of carbonyl (C=O) groups excluding carboxylic acids is 3. The van der Waals surface area contributed by atoms with Gasteiger partial charge in [0.15, 0.2) is 0 Å². The number of anilines is 4. The number of nitrogens with zero attached hydrogens (tertiary/aromatic N) is 4. The number of ether oxygens (including phenoxy) is 1. The lowest BCUT2D eigenvalue weighted by molar-refractivity contribution is 0.0523. The fraction of sp³-hybridized carbons (Fsp3) is 0.387. The number of methoxy groups -OCH3 is 1. The number of aromatic nitrogens is 2. The van der Waals surface area contributed by atoms with Crippen LogP contribution >= 0.6 is 0 Å². The summed E-state index contributed by atoms with van der Waals surface area (Å²) in [5.41, 5.74) is 7.96. The average molecular weight is 585 g/mol. The normalized spacial score (nSPS) is 19.5. The van der Waals surface area contributed by atoms with Crippen molar-refractivity contribution < 1.29 is 19.1 Å². The molecule has 43 heavy (non-hydrogen) atoms. The first-order chi connectivity index (χ1) is 20.8. The van der Waals surface area contributed by atoms with Crippen molar-refractivity contribution in [1.82, 2.24) is 25.1 Å². The predicted molar refractivity (Wildman–Crippen MR) is 162 cm³/mol. The van der Waals surface area contributed by atoms with E-state index in [4.69, 9.17) is 10.5 Å². The molecule has 3 amide bonds. The predicted octanol–water partition coefficient (Wildman–Crippen LogP) is 3.13. The molecule has 2 aliphatic heterocycles. The lowest BCUT2D eigenvalue weighted by Crippen LogP contribution is -2.53. The van der Waals surface area contributed by atoms with E-state index in [-0.39, 0.29) is 29.1 Å². The van der Waals surface area contributed by atoms with Crippen molar-refractivity contribution in [3.8, 4) is 5.75 Å². The van der Waals surface area contributed by atoms with E-state index in [1.807, 2.05) is 4.90 Å². The van der Waals surface area contributed by atoms with Crippen molar-refractivity contribution in [3.05, 3.63) is 65.4 Å². The fourth-order valence-corrected chi connectivity index (χ4v) is 5.73. The van der Waals surface area contributed by atoms with Gasteiger partial charge in [-0.3, -0.25) is 19.3 Å². The van der Waals surface area contributed by atoms with Crippen molar-refractivity contribution in [3.63, 3.8) is 0 Å². The molecule has 2 bridgehead atoms. The van der Waals surface area contributed by atoms with Gasteiger partial charge in [-0.15, -0.1) is 0 Å². The van der Waals surface area contributed by atoms with Crippen molar-refractivity contribution in [2.24, 2.45) is 11.7 Å². The molecular formula is C31H36N8O4. The van der Waals surface area contributed by atoms with E-state index in [1.165, 1.54) is 26.1 Å².